The van der Waals surface area contributed by atoms with Gasteiger partial charge in [0.15, 0.2) is 5.79 Å². The minimum atomic E-state index is -0.535. The fourth-order valence-electron chi connectivity index (χ4n) is 3.96. The Balaban J connectivity index is 1.71. The van der Waals surface area contributed by atoms with E-state index in [9.17, 15) is 0 Å². The molecule has 0 amide bonds. The van der Waals surface area contributed by atoms with Crippen LogP contribution in [0.15, 0.2) is 36.6 Å². The first kappa shape index (κ1) is 14.0. The Morgan fingerprint density at radius 2 is 2.23 bits per heavy atom. The maximum Gasteiger partial charge on any atom is 0.164 e. The van der Waals surface area contributed by atoms with Crippen LogP contribution in [0.2, 0.25) is 0 Å². The van der Waals surface area contributed by atoms with E-state index in [0.29, 0.717) is 0 Å². The maximum absolute atomic E-state index is 6.20. The van der Waals surface area contributed by atoms with Crippen molar-refractivity contribution in [2.45, 2.75) is 51.2 Å². The van der Waals surface area contributed by atoms with Gasteiger partial charge in [0.05, 0.1) is 6.04 Å². The SMILES string of the molecule is C=CC1=C[C@@H](N2CCc3c2ccnc3C)[C@@H]2OC(C)(C)O[C@H]12. The van der Waals surface area contributed by atoms with Gasteiger partial charge in [-0.3, -0.25) is 4.98 Å². The molecule has 1 fully saturated rings. The molecule has 1 aromatic heterocycles. The molecule has 0 bridgehead atoms. The second-order valence-corrected chi connectivity index (χ2v) is 6.72. The summed E-state index contributed by atoms with van der Waals surface area (Å²) < 4.78 is 12.3. The maximum atomic E-state index is 6.20. The summed E-state index contributed by atoms with van der Waals surface area (Å²) in [6.45, 7) is 11.0. The van der Waals surface area contributed by atoms with Gasteiger partial charge in [-0.15, -0.1) is 0 Å². The zero-order chi connectivity index (χ0) is 15.5. The van der Waals surface area contributed by atoms with Crippen LogP contribution in [-0.2, 0) is 15.9 Å². The molecule has 4 nitrogen and oxygen atoms in total. The van der Waals surface area contributed by atoms with Crippen LogP contribution >= 0.6 is 0 Å². The molecule has 0 radical (unpaired) electrons. The summed E-state index contributed by atoms with van der Waals surface area (Å²) in [5.74, 6) is -0.535. The Hall–Kier alpha value is -1.65. The summed E-state index contributed by atoms with van der Waals surface area (Å²) in [6.07, 6.45) is 7.11. The minimum Gasteiger partial charge on any atom is -0.362 e. The molecule has 3 heterocycles. The first-order valence-corrected chi connectivity index (χ1v) is 7.91. The van der Waals surface area contributed by atoms with E-state index in [-0.39, 0.29) is 18.2 Å². The summed E-state index contributed by atoms with van der Waals surface area (Å²) in [5, 5.41) is 0. The van der Waals surface area contributed by atoms with Crippen LogP contribution in [0.25, 0.3) is 0 Å². The third kappa shape index (κ3) is 1.94. The molecule has 1 aromatic rings. The molecule has 4 rings (SSSR count). The zero-order valence-corrected chi connectivity index (χ0v) is 13.4. The molecule has 1 aliphatic carbocycles. The lowest BCUT2D eigenvalue weighted by atomic mass is 10.1. The van der Waals surface area contributed by atoms with E-state index >= 15 is 0 Å². The highest BCUT2D eigenvalue weighted by Gasteiger charge is 2.51. The topological polar surface area (TPSA) is 34.6 Å². The van der Waals surface area contributed by atoms with Crippen LogP contribution in [0.5, 0.6) is 0 Å². The molecule has 2 aliphatic heterocycles. The number of hydrogen-bond donors (Lipinski definition) is 0. The van der Waals surface area contributed by atoms with Gasteiger partial charge in [0.1, 0.15) is 12.2 Å². The second kappa shape index (κ2) is 4.67. The van der Waals surface area contributed by atoms with E-state index in [1.165, 1.54) is 11.3 Å². The number of ether oxygens (including phenoxy) is 2. The van der Waals surface area contributed by atoms with Crippen molar-refractivity contribution in [3.63, 3.8) is 0 Å². The first-order valence-electron chi connectivity index (χ1n) is 7.91. The molecule has 0 N–H and O–H groups in total. The normalized spacial score (nSPS) is 31.9. The molecule has 3 atom stereocenters. The van der Waals surface area contributed by atoms with Crippen molar-refractivity contribution in [3.05, 3.63) is 47.8 Å². The van der Waals surface area contributed by atoms with Gasteiger partial charge in [-0.05, 0) is 44.4 Å². The van der Waals surface area contributed by atoms with Gasteiger partial charge >= 0.3 is 0 Å². The highest BCUT2D eigenvalue weighted by molar-refractivity contribution is 5.61. The van der Waals surface area contributed by atoms with Gasteiger partial charge in [-0.25, -0.2) is 0 Å². The van der Waals surface area contributed by atoms with Gasteiger partial charge in [-0.1, -0.05) is 18.7 Å². The molecule has 0 aromatic carbocycles. The van der Waals surface area contributed by atoms with E-state index in [0.717, 1.165) is 24.2 Å². The van der Waals surface area contributed by atoms with Gasteiger partial charge in [0.25, 0.3) is 0 Å². The summed E-state index contributed by atoms with van der Waals surface area (Å²) >= 11 is 0. The van der Waals surface area contributed by atoms with Crippen LogP contribution in [0.3, 0.4) is 0 Å². The number of aromatic nitrogens is 1. The number of fused-ring (bicyclic) bond motifs is 2. The summed E-state index contributed by atoms with van der Waals surface area (Å²) in [4.78, 5) is 6.85. The quantitative estimate of drug-likeness (QED) is 0.841. The first-order chi connectivity index (χ1) is 10.5. The minimum absolute atomic E-state index is 0.00974. The molecular formula is C18H22N2O2. The number of hydrogen-bond acceptors (Lipinski definition) is 4. The Labute approximate surface area is 131 Å². The number of pyridine rings is 1. The standard InChI is InChI=1S/C18H22N2O2/c1-5-12-10-15(17-16(12)21-18(3,4)22-17)20-9-7-13-11(2)19-8-6-14(13)20/h5-6,8,10,15-17H,1,7,9H2,2-4H3/t15-,16-,17+/m1/s1. The Morgan fingerprint density at radius 3 is 3.00 bits per heavy atom. The van der Waals surface area contributed by atoms with Crippen LogP contribution in [0.1, 0.15) is 25.1 Å². The van der Waals surface area contributed by atoms with Crippen LogP contribution in [0.4, 0.5) is 5.69 Å². The number of nitrogens with zero attached hydrogens (tertiary/aromatic N) is 2. The molecule has 22 heavy (non-hydrogen) atoms. The molecule has 116 valence electrons. The van der Waals surface area contributed by atoms with Crippen molar-refractivity contribution in [3.8, 4) is 0 Å². The monoisotopic (exact) mass is 298 g/mol. The lowest BCUT2D eigenvalue weighted by Gasteiger charge is -2.30. The number of anilines is 1. The van der Waals surface area contributed by atoms with Crippen molar-refractivity contribution < 1.29 is 9.47 Å². The average molecular weight is 298 g/mol. The number of rotatable bonds is 2. The third-order valence-electron chi connectivity index (χ3n) is 4.91. The molecule has 0 spiro atoms. The van der Waals surface area contributed by atoms with E-state index in [2.05, 4.69) is 35.5 Å². The molecule has 4 heteroatoms. The summed E-state index contributed by atoms with van der Waals surface area (Å²) in [5.41, 5.74) is 4.91. The second-order valence-electron chi connectivity index (χ2n) is 6.72. The third-order valence-corrected chi connectivity index (χ3v) is 4.91. The summed E-state index contributed by atoms with van der Waals surface area (Å²) in [7, 11) is 0. The highest BCUT2D eigenvalue weighted by atomic mass is 16.8. The van der Waals surface area contributed by atoms with Crippen molar-refractivity contribution in [2.24, 2.45) is 0 Å². The van der Waals surface area contributed by atoms with Crippen LogP contribution in [0, 0.1) is 6.92 Å². The van der Waals surface area contributed by atoms with E-state index in [4.69, 9.17) is 9.47 Å². The highest BCUT2D eigenvalue weighted by Crippen LogP contribution is 2.43. The Kier molecular flexibility index (Phi) is 2.97. The van der Waals surface area contributed by atoms with Crippen molar-refractivity contribution in [1.82, 2.24) is 4.98 Å². The van der Waals surface area contributed by atoms with E-state index in [1.807, 2.05) is 26.1 Å². The molecular weight excluding hydrogens is 276 g/mol. The van der Waals surface area contributed by atoms with E-state index in [1.54, 1.807) is 0 Å². The lowest BCUT2D eigenvalue weighted by Crippen LogP contribution is -2.43. The Bertz CT molecular complexity index is 665. The lowest BCUT2D eigenvalue weighted by molar-refractivity contribution is -0.145. The van der Waals surface area contributed by atoms with Gasteiger partial charge < -0.3 is 14.4 Å². The molecule has 1 saturated heterocycles. The van der Waals surface area contributed by atoms with Crippen LogP contribution < -0.4 is 4.90 Å². The predicted octanol–water partition coefficient (Wildman–Crippen LogP) is 2.77. The van der Waals surface area contributed by atoms with Crippen molar-refractivity contribution >= 4 is 5.69 Å². The van der Waals surface area contributed by atoms with Crippen LogP contribution in [-0.4, -0.2) is 35.6 Å². The fraction of sp³-hybridized carbons (Fsp3) is 0.500. The average Bonchev–Trinajstić information content (AvgIpc) is 3.10. The fourth-order valence-corrected chi connectivity index (χ4v) is 3.96. The van der Waals surface area contributed by atoms with Crippen molar-refractivity contribution in [1.29, 1.82) is 0 Å². The van der Waals surface area contributed by atoms with Gasteiger partial charge in [0, 0.05) is 24.1 Å². The van der Waals surface area contributed by atoms with Gasteiger partial charge in [0.2, 0.25) is 0 Å². The summed E-state index contributed by atoms with van der Waals surface area (Å²) in [6, 6.07) is 2.31. The largest absolute Gasteiger partial charge is 0.362 e. The zero-order valence-electron chi connectivity index (χ0n) is 13.4. The Morgan fingerprint density at radius 1 is 1.41 bits per heavy atom. The predicted molar refractivity (Wildman–Crippen MR) is 85.9 cm³/mol. The molecule has 0 unspecified atom stereocenters. The van der Waals surface area contributed by atoms with E-state index < -0.39 is 5.79 Å². The molecule has 0 saturated carbocycles. The number of aryl methyl sites for hydroxylation is 1. The smallest absolute Gasteiger partial charge is 0.164 e. The molecule has 3 aliphatic rings. The van der Waals surface area contributed by atoms with Crippen molar-refractivity contribution in [2.75, 3.05) is 11.4 Å². The van der Waals surface area contributed by atoms with Gasteiger partial charge in [-0.2, -0.15) is 0 Å².